The van der Waals surface area contributed by atoms with E-state index in [1.807, 2.05) is 0 Å². The predicted octanol–water partition coefficient (Wildman–Crippen LogP) is 0.0770. The Hall–Kier alpha value is -1.10. The fourth-order valence-corrected chi connectivity index (χ4v) is 2.69. The number of hydrogen-bond acceptors (Lipinski definition) is 3. The van der Waals surface area contributed by atoms with Crippen LogP contribution in [0, 0.1) is 11.8 Å². The topological polar surface area (TPSA) is 57.7 Å². The number of carbonyl (C=O) groups excluding carboxylic acids is 3. The summed E-state index contributed by atoms with van der Waals surface area (Å²) in [6, 6.07) is 0. The molecule has 0 bridgehead atoms. The van der Waals surface area contributed by atoms with Crippen molar-refractivity contribution in [1.82, 2.24) is 9.80 Å². The van der Waals surface area contributed by atoms with Gasteiger partial charge in [0.1, 0.15) is 5.38 Å². The molecule has 2 fully saturated rings. The highest BCUT2D eigenvalue weighted by Crippen LogP contribution is 2.33. The van der Waals surface area contributed by atoms with E-state index in [0.29, 0.717) is 19.6 Å². The Kier molecular flexibility index (Phi) is 3.12. The Bertz CT molecular complexity index is 359. The number of amides is 3. The lowest BCUT2D eigenvalue weighted by Gasteiger charge is -2.20. The molecule has 0 radical (unpaired) electrons. The molecule has 5 nitrogen and oxygen atoms in total. The summed E-state index contributed by atoms with van der Waals surface area (Å²) in [7, 11) is 0. The summed E-state index contributed by atoms with van der Waals surface area (Å²) in [5.41, 5.74) is 0. The summed E-state index contributed by atoms with van der Waals surface area (Å²) in [5.74, 6) is -1.23. The molecule has 0 aromatic carbocycles. The largest absolute Gasteiger partial charge is 0.340 e. The monoisotopic (exact) mass is 258 g/mol. The molecule has 0 aromatic rings. The molecular formula is C11H15ClN2O3. The van der Waals surface area contributed by atoms with E-state index in [1.165, 1.54) is 9.80 Å². The number of hydrogen-bond donors (Lipinski definition) is 0. The number of rotatable bonds is 2. The van der Waals surface area contributed by atoms with Crippen LogP contribution in [0.15, 0.2) is 0 Å². The van der Waals surface area contributed by atoms with Crippen molar-refractivity contribution in [1.29, 1.82) is 0 Å². The summed E-state index contributed by atoms with van der Waals surface area (Å²) < 4.78 is 0. The van der Waals surface area contributed by atoms with Gasteiger partial charge in [-0.05, 0) is 13.8 Å². The van der Waals surface area contributed by atoms with Crippen molar-refractivity contribution in [2.45, 2.75) is 19.2 Å². The van der Waals surface area contributed by atoms with Gasteiger partial charge in [0.2, 0.25) is 17.7 Å². The molecule has 2 heterocycles. The van der Waals surface area contributed by atoms with Crippen LogP contribution in [0.3, 0.4) is 0 Å². The summed E-state index contributed by atoms with van der Waals surface area (Å²) in [4.78, 5) is 38.3. The second kappa shape index (κ2) is 4.29. The molecule has 94 valence electrons. The molecule has 2 aliphatic heterocycles. The van der Waals surface area contributed by atoms with Crippen LogP contribution in [0.25, 0.3) is 0 Å². The van der Waals surface area contributed by atoms with Crippen LogP contribution < -0.4 is 0 Å². The minimum atomic E-state index is -0.610. The first-order valence-electron chi connectivity index (χ1n) is 5.75. The van der Waals surface area contributed by atoms with Crippen molar-refractivity contribution < 1.29 is 14.4 Å². The molecule has 0 N–H and O–H groups in total. The van der Waals surface area contributed by atoms with Gasteiger partial charge in [0.05, 0.1) is 11.8 Å². The number of nitrogens with zero attached hydrogens (tertiary/aromatic N) is 2. The number of imide groups is 1. The fourth-order valence-electron chi connectivity index (χ4n) is 2.56. The molecular weight excluding hydrogens is 244 g/mol. The van der Waals surface area contributed by atoms with Crippen molar-refractivity contribution in [3.8, 4) is 0 Å². The highest BCUT2D eigenvalue weighted by molar-refractivity contribution is 6.30. The van der Waals surface area contributed by atoms with E-state index in [-0.39, 0.29) is 29.6 Å². The Morgan fingerprint density at radius 1 is 1.35 bits per heavy atom. The molecule has 6 heteroatoms. The van der Waals surface area contributed by atoms with Gasteiger partial charge in [-0.1, -0.05) is 0 Å². The average Bonchev–Trinajstić information content (AvgIpc) is 2.80. The van der Waals surface area contributed by atoms with Gasteiger partial charge in [-0.3, -0.25) is 19.3 Å². The van der Waals surface area contributed by atoms with Crippen LogP contribution in [0.2, 0.25) is 0 Å². The molecule has 17 heavy (non-hydrogen) atoms. The van der Waals surface area contributed by atoms with Gasteiger partial charge in [0.15, 0.2) is 0 Å². The predicted molar refractivity (Wildman–Crippen MR) is 61.3 cm³/mol. The van der Waals surface area contributed by atoms with E-state index in [1.54, 1.807) is 13.8 Å². The lowest BCUT2D eigenvalue weighted by Crippen LogP contribution is -2.39. The second-order valence-corrected chi connectivity index (χ2v) is 5.15. The first-order chi connectivity index (χ1) is 7.97. The molecule has 0 spiro atoms. The molecule has 2 aliphatic rings. The summed E-state index contributed by atoms with van der Waals surface area (Å²) >= 11 is 5.72. The number of halogens is 1. The molecule has 0 aliphatic carbocycles. The Morgan fingerprint density at radius 2 is 1.82 bits per heavy atom. The molecule has 3 amide bonds. The number of likely N-dealkylation sites (tertiary alicyclic amines) is 2. The van der Waals surface area contributed by atoms with Gasteiger partial charge < -0.3 is 4.90 Å². The maximum absolute atomic E-state index is 11.9. The molecule has 3 atom stereocenters. The van der Waals surface area contributed by atoms with E-state index < -0.39 is 5.38 Å². The maximum atomic E-state index is 11.9. The van der Waals surface area contributed by atoms with E-state index in [9.17, 15) is 14.4 Å². The Balaban J connectivity index is 2.13. The fraction of sp³-hybridized carbons (Fsp3) is 0.727. The van der Waals surface area contributed by atoms with Gasteiger partial charge in [0, 0.05) is 19.6 Å². The first-order valence-corrected chi connectivity index (χ1v) is 6.19. The van der Waals surface area contributed by atoms with E-state index in [0.717, 1.165) is 0 Å². The molecule has 2 rings (SSSR count). The second-order valence-electron chi connectivity index (χ2n) is 4.49. The van der Waals surface area contributed by atoms with Crippen molar-refractivity contribution in [3.05, 3.63) is 0 Å². The Labute approximate surface area is 105 Å². The minimum absolute atomic E-state index is 0.153. The SMILES string of the molecule is CCN1C(=O)[C@@H]2CN(C(=O)[C@@H](C)Cl)C[C@H]2C1=O. The lowest BCUT2D eigenvalue weighted by atomic mass is 10.00. The summed E-state index contributed by atoms with van der Waals surface area (Å²) in [6.07, 6.45) is 0. The zero-order chi connectivity index (χ0) is 12.7. The minimum Gasteiger partial charge on any atom is -0.340 e. The van der Waals surface area contributed by atoms with E-state index >= 15 is 0 Å². The number of carbonyl (C=O) groups is 3. The van der Waals surface area contributed by atoms with Crippen molar-refractivity contribution in [3.63, 3.8) is 0 Å². The van der Waals surface area contributed by atoms with Crippen LogP contribution in [-0.4, -0.2) is 52.5 Å². The summed E-state index contributed by atoms with van der Waals surface area (Å²) in [5, 5.41) is -0.610. The van der Waals surface area contributed by atoms with Crippen LogP contribution >= 0.6 is 11.6 Å². The summed E-state index contributed by atoms with van der Waals surface area (Å²) in [6.45, 7) is 4.42. The van der Waals surface area contributed by atoms with Gasteiger partial charge in [-0.15, -0.1) is 11.6 Å². The highest BCUT2D eigenvalue weighted by Gasteiger charge is 2.52. The van der Waals surface area contributed by atoms with E-state index in [4.69, 9.17) is 11.6 Å². The zero-order valence-electron chi connectivity index (χ0n) is 9.85. The molecule has 0 aromatic heterocycles. The first kappa shape index (κ1) is 12.4. The van der Waals surface area contributed by atoms with E-state index in [2.05, 4.69) is 0 Å². The van der Waals surface area contributed by atoms with Crippen LogP contribution in [-0.2, 0) is 14.4 Å². The van der Waals surface area contributed by atoms with Crippen LogP contribution in [0.5, 0.6) is 0 Å². The van der Waals surface area contributed by atoms with Crippen molar-refractivity contribution >= 4 is 29.3 Å². The van der Waals surface area contributed by atoms with Gasteiger partial charge in [-0.25, -0.2) is 0 Å². The van der Waals surface area contributed by atoms with Gasteiger partial charge in [-0.2, -0.15) is 0 Å². The van der Waals surface area contributed by atoms with Crippen molar-refractivity contribution in [2.75, 3.05) is 19.6 Å². The van der Waals surface area contributed by atoms with Gasteiger partial charge >= 0.3 is 0 Å². The molecule has 2 saturated heterocycles. The maximum Gasteiger partial charge on any atom is 0.240 e. The lowest BCUT2D eigenvalue weighted by molar-refractivity contribution is -0.140. The van der Waals surface area contributed by atoms with Crippen LogP contribution in [0.4, 0.5) is 0 Å². The average molecular weight is 259 g/mol. The number of fused-ring (bicyclic) bond motifs is 1. The molecule has 0 unspecified atom stereocenters. The van der Waals surface area contributed by atoms with Gasteiger partial charge in [0.25, 0.3) is 0 Å². The number of alkyl halides is 1. The zero-order valence-corrected chi connectivity index (χ0v) is 10.6. The Morgan fingerprint density at radius 3 is 2.18 bits per heavy atom. The third-order valence-electron chi connectivity index (χ3n) is 3.45. The standard InChI is InChI=1S/C11H15ClN2O3/c1-3-14-10(16)7-4-13(9(15)6(2)12)5-8(7)11(14)17/h6-8H,3-5H2,1-2H3/t6-,7-,8-/m1/s1. The molecule has 0 saturated carbocycles. The smallest absolute Gasteiger partial charge is 0.240 e. The quantitative estimate of drug-likeness (QED) is 0.521. The van der Waals surface area contributed by atoms with Crippen molar-refractivity contribution in [2.24, 2.45) is 11.8 Å². The third-order valence-corrected chi connectivity index (χ3v) is 3.64. The van der Waals surface area contributed by atoms with Crippen LogP contribution in [0.1, 0.15) is 13.8 Å². The highest BCUT2D eigenvalue weighted by atomic mass is 35.5. The third kappa shape index (κ3) is 1.82. The normalized spacial score (nSPS) is 29.8.